The molecule has 10 heteroatoms. The van der Waals surface area contributed by atoms with E-state index in [9.17, 15) is 19.8 Å². The molecule has 1 aliphatic rings. The first kappa shape index (κ1) is 19.0. The van der Waals surface area contributed by atoms with Crippen LogP contribution in [0.3, 0.4) is 0 Å². The van der Waals surface area contributed by atoms with E-state index < -0.39 is 42.7 Å². The first-order valence-electron chi connectivity index (χ1n) is 8.11. The Hall–Kier alpha value is -2.79. The second-order valence-electron chi connectivity index (χ2n) is 5.91. The summed E-state index contributed by atoms with van der Waals surface area (Å²) >= 11 is 0. The van der Waals surface area contributed by atoms with Crippen molar-refractivity contribution in [3.8, 4) is 5.75 Å². The van der Waals surface area contributed by atoms with E-state index in [1.165, 1.54) is 19.4 Å². The summed E-state index contributed by atoms with van der Waals surface area (Å²) in [5, 5.41) is 31.4. The Morgan fingerprint density at radius 2 is 1.96 bits per heavy atom. The summed E-state index contributed by atoms with van der Waals surface area (Å²) in [5.74, 6) is 0.157. The fourth-order valence-corrected chi connectivity index (χ4v) is 2.72. The summed E-state index contributed by atoms with van der Waals surface area (Å²) in [6.45, 7) is -0.507. The van der Waals surface area contributed by atoms with Gasteiger partial charge in [-0.3, -0.25) is 9.36 Å². The molecule has 4 N–H and O–H groups in total. The largest absolute Gasteiger partial charge is 0.497 e. The number of ether oxygens (including phenoxy) is 2. The van der Waals surface area contributed by atoms with E-state index in [-0.39, 0.29) is 5.82 Å². The Kier molecular flexibility index (Phi) is 5.51. The number of aliphatic hydroxyl groups excluding tert-OH is 3. The number of methoxy groups -OCH3 is 1. The van der Waals surface area contributed by atoms with E-state index in [2.05, 4.69) is 10.3 Å². The number of benzene rings is 1. The van der Waals surface area contributed by atoms with Gasteiger partial charge in [0.25, 0.3) is 5.91 Å². The molecule has 0 spiro atoms. The lowest BCUT2D eigenvalue weighted by Crippen LogP contribution is -2.36. The van der Waals surface area contributed by atoms with Gasteiger partial charge in [-0.2, -0.15) is 4.98 Å². The molecule has 1 saturated heterocycles. The summed E-state index contributed by atoms with van der Waals surface area (Å²) in [5.41, 5.74) is -0.442. The fraction of sp³-hybridized carbons (Fsp3) is 0.353. The zero-order chi connectivity index (χ0) is 19.6. The number of anilines is 1. The molecule has 0 aliphatic carbocycles. The number of rotatable bonds is 5. The van der Waals surface area contributed by atoms with Crippen molar-refractivity contribution < 1.29 is 29.6 Å². The van der Waals surface area contributed by atoms with Crippen LogP contribution in [0.15, 0.2) is 41.3 Å². The number of aromatic nitrogens is 2. The van der Waals surface area contributed by atoms with Crippen LogP contribution in [0.25, 0.3) is 0 Å². The SMILES string of the molecule is COc1ccc(C(=O)Nc2ccn([C@@H]3O[C@H](CO)[C@H](O)[C@@H]3O)c(=O)n2)cc1. The Morgan fingerprint density at radius 3 is 2.52 bits per heavy atom. The van der Waals surface area contributed by atoms with Crippen molar-refractivity contribution in [3.05, 3.63) is 52.6 Å². The summed E-state index contributed by atoms with van der Waals surface area (Å²) < 4.78 is 11.3. The lowest BCUT2D eigenvalue weighted by atomic mass is 10.1. The van der Waals surface area contributed by atoms with Crippen LogP contribution in [0.1, 0.15) is 16.6 Å². The van der Waals surface area contributed by atoms with E-state index in [4.69, 9.17) is 14.6 Å². The molecule has 1 aromatic carbocycles. The van der Waals surface area contributed by atoms with Gasteiger partial charge in [0, 0.05) is 11.8 Å². The molecule has 144 valence electrons. The minimum absolute atomic E-state index is 0.0174. The van der Waals surface area contributed by atoms with Gasteiger partial charge in [-0.25, -0.2) is 4.79 Å². The van der Waals surface area contributed by atoms with Crippen molar-refractivity contribution in [3.63, 3.8) is 0 Å². The summed E-state index contributed by atoms with van der Waals surface area (Å²) in [6, 6.07) is 7.74. The van der Waals surface area contributed by atoms with Gasteiger partial charge in [0.05, 0.1) is 13.7 Å². The van der Waals surface area contributed by atoms with Gasteiger partial charge < -0.3 is 30.1 Å². The van der Waals surface area contributed by atoms with Gasteiger partial charge in [-0.15, -0.1) is 0 Å². The van der Waals surface area contributed by atoms with Crippen LogP contribution in [0.2, 0.25) is 0 Å². The highest BCUT2D eigenvalue weighted by atomic mass is 16.6. The molecular formula is C17H19N3O7. The fourth-order valence-electron chi connectivity index (χ4n) is 2.72. The van der Waals surface area contributed by atoms with Crippen molar-refractivity contribution in [1.29, 1.82) is 0 Å². The number of aliphatic hydroxyl groups is 3. The third-order valence-electron chi connectivity index (χ3n) is 4.22. The predicted molar refractivity (Wildman–Crippen MR) is 92.5 cm³/mol. The highest BCUT2D eigenvalue weighted by Crippen LogP contribution is 2.28. The second-order valence-corrected chi connectivity index (χ2v) is 5.91. The zero-order valence-electron chi connectivity index (χ0n) is 14.3. The normalized spacial score (nSPS) is 24.6. The quantitative estimate of drug-likeness (QED) is 0.526. The highest BCUT2D eigenvalue weighted by Gasteiger charge is 2.43. The maximum Gasteiger partial charge on any atom is 0.351 e. The molecule has 3 rings (SSSR count). The van der Waals surface area contributed by atoms with Gasteiger partial charge in [-0.1, -0.05) is 0 Å². The van der Waals surface area contributed by atoms with Crippen molar-refractivity contribution >= 4 is 11.7 Å². The van der Waals surface area contributed by atoms with E-state index >= 15 is 0 Å². The Labute approximate surface area is 153 Å². The van der Waals surface area contributed by atoms with Gasteiger partial charge in [0.15, 0.2) is 6.23 Å². The zero-order valence-corrected chi connectivity index (χ0v) is 14.3. The monoisotopic (exact) mass is 377 g/mol. The van der Waals surface area contributed by atoms with Crippen molar-refractivity contribution in [1.82, 2.24) is 9.55 Å². The number of nitrogens with zero attached hydrogens (tertiary/aromatic N) is 2. The van der Waals surface area contributed by atoms with Gasteiger partial charge in [-0.05, 0) is 30.3 Å². The Balaban J connectivity index is 1.75. The van der Waals surface area contributed by atoms with Gasteiger partial charge in [0.1, 0.15) is 29.9 Å². The molecule has 2 heterocycles. The van der Waals surface area contributed by atoms with Gasteiger partial charge in [0.2, 0.25) is 0 Å². The van der Waals surface area contributed by atoms with Crippen LogP contribution in [0.5, 0.6) is 5.75 Å². The second kappa shape index (κ2) is 7.84. The number of hydrogen-bond donors (Lipinski definition) is 4. The molecule has 4 atom stereocenters. The predicted octanol–water partition coefficient (Wildman–Crippen LogP) is -0.884. The Morgan fingerprint density at radius 1 is 1.26 bits per heavy atom. The first-order valence-corrected chi connectivity index (χ1v) is 8.11. The molecule has 1 aromatic heterocycles. The summed E-state index contributed by atoms with van der Waals surface area (Å²) in [7, 11) is 1.51. The summed E-state index contributed by atoms with van der Waals surface area (Å²) in [6.07, 6.45) is -3.66. The topological polar surface area (TPSA) is 143 Å². The maximum atomic E-state index is 12.2. The van der Waals surface area contributed by atoms with Crippen LogP contribution >= 0.6 is 0 Å². The average molecular weight is 377 g/mol. The lowest BCUT2D eigenvalue weighted by molar-refractivity contribution is -0.0549. The molecule has 2 aromatic rings. The van der Waals surface area contributed by atoms with E-state index in [0.29, 0.717) is 11.3 Å². The standard InChI is InChI=1S/C17H19N3O7/c1-26-10-4-2-9(3-5-10)15(24)18-12-6-7-20(17(25)19-12)16-14(23)13(22)11(8-21)27-16/h2-7,11,13-14,16,21-23H,8H2,1H3,(H,18,19,24,25)/t11-,13+,14+,16-/m1/s1. The number of carbonyl (C=O) groups excluding carboxylic acids is 1. The maximum absolute atomic E-state index is 12.2. The van der Waals surface area contributed by atoms with Gasteiger partial charge >= 0.3 is 5.69 Å². The van der Waals surface area contributed by atoms with Crippen LogP contribution < -0.4 is 15.7 Å². The number of nitrogens with one attached hydrogen (secondary N) is 1. The lowest BCUT2D eigenvalue weighted by Gasteiger charge is -2.17. The first-order chi connectivity index (χ1) is 12.9. The number of hydrogen-bond acceptors (Lipinski definition) is 8. The molecule has 1 fully saturated rings. The van der Waals surface area contributed by atoms with Crippen molar-refractivity contribution in [2.24, 2.45) is 0 Å². The third-order valence-corrected chi connectivity index (χ3v) is 4.22. The molecule has 0 bridgehead atoms. The molecule has 27 heavy (non-hydrogen) atoms. The van der Waals surface area contributed by atoms with Crippen LogP contribution in [-0.4, -0.2) is 62.8 Å². The molecule has 0 saturated carbocycles. The van der Waals surface area contributed by atoms with E-state index in [1.807, 2.05) is 0 Å². The van der Waals surface area contributed by atoms with Crippen LogP contribution in [0, 0.1) is 0 Å². The Bertz CT molecular complexity index is 868. The smallest absolute Gasteiger partial charge is 0.351 e. The van der Waals surface area contributed by atoms with E-state index in [1.54, 1.807) is 24.3 Å². The van der Waals surface area contributed by atoms with Crippen LogP contribution in [0.4, 0.5) is 5.82 Å². The third kappa shape index (κ3) is 3.83. The average Bonchev–Trinajstić information content (AvgIpc) is 2.96. The number of amides is 1. The van der Waals surface area contributed by atoms with E-state index in [0.717, 1.165) is 4.57 Å². The van der Waals surface area contributed by atoms with Crippen molar-refractivity contribution in [2.75, 3.05) is 19.0 Å². The molecular weight excluding hydrogens is 358 g/mol. The molecule has 0 radical (unpaired) electrons. The van der Waals surface area contributed by atoms with Crippen LogP contribution in [-0.2, 0) is 4.74 Å². The molecule has 1 amide bonds. The minimum atomic E-state index is -1.40. The highest BCUT2D eigenvalue weighted by molar-refractivity contribution is 6.03. The van der Waals surface area contributed by atoms with Crippen molar-refractivity contribution in [2.45, 2.75) is 24.5 Å². The minimum Gasteiger partial charge on any atom is -0.497 e. The molecule has 10 nitrogen and oxygen atoms in total. The molecule has 1 aliphatic heterocycles. The molecule has 0 unspecified atom stereocenters. The number of carbonyl (C=O) groups is 1. The summed E-state index contributed by atoms with van der Waals surface area (Å²) in [4.78, 5) is 28.2.